The number of amides is 3. The third-order valence-corrected chi connectivity index (χ3v) is 3.68. The Morgan fingerprint density at radius 2 is 1.86 bits per heavy atom. The van der Waals surface area contributed by atoms with Gasteiger partial charge in [0.05, 0.1) is 6.04 Å². The zero-order valence-electron chi connectivity index (χ0n) is 15.0. The molecule has 1 atom stereocenters. The van der Waals surface area contributed by atoms with Crippen molar-refractivity contribution in [2.75, 3.05) is 32.8 Å². The molecule has 0 aliphatic carbocycles. The van der Waals surface area contributed by atoms with Crippen LogP contribution in [0.4, 0.5) is 13.2 Å². The number of nitrogens with one attached hydrogen (secondary N) is 1. The predicted octanol–water partition coefficient (Wildman–Crippen LogP) is -0.587. The van der Waals surface area contributed by atoms with E-state index in [9.17, 15) is 32.3 Å². The molecule has 1 unspecified atom stereocenters. The van der Waals surface area contributed by atoms with Crippen molar-refractivity contribution in [3.05, 3.63) is 12.2 Å². The molecule has 0 radical (unpaired) electrons. The molecule has 2 aliphatic rings. The zero-order valence-corrected chi connectivity index (χ0v) is 15.0. The number of hydrogen-bond donors (Lipinski definition) is 1. The molecule has 0 bridgehead atoms. The van der Waals surface area contributed by atoms with Gasteiger partial charge in [-0.15, -0.1) is 0 Å². The van der Waals surface area contributed by atoms with Crippen LogP contribution in [0.3, 0.4) is 0 Å². The summed E-state index contributed by atoms with van der Waals surface area (Å²) in [6.45, 7) is 3.24. The molecule has 2 heterocycles. The molecule has 0 spiro atoms. The number of hydrogen-bond acceptors (Lipinski definition) is 7. The second-order valence-corrected chi connectivity index (χ2v) is 5.86. The molecule has 28 heavy (non-hydrogen) atoms. The molecular formula is C16H20F3N3O6. The third-order valence-electron chi connectivity index (χ3n) is 3.68. The molecule has 1 saturated heterocycles. The molecule has 2 aliphatic heterocycles. The number of imide groups is 1. The number of ether oxygens (including phenoxy) is 1. The number of alkyl halides is 3. The summed E-state index contributed by atoms with van der Waals surface area (Å²) in [4.78, 5) is 57.2. The molecule has 2 rings (SSSR count). The average molecular weight is 407 g/mol. The quantitative estimate of drug-likeness (QED) is 0.368. The maximum absolute atomic E-state index is 12.2. The Kier molecular flexibility index (Phi) is 8.76. The van der Waals surface area contributed by atoms with Crippen molar-refractivity contribution >= 4 is 30.0 Å². The van der Waals surface area contributed by atoms with E-state index in [0.717, 1.165) is 4.90 Å². The second-order valence-electron chi connectivity index (χ2n) is 5.86. The summed E-state index contributed by atoms with van der Waals surface area (Å²) >= 11 is 0. The van der Waals surface area contributed by atoms with E-state index in [-0.39, 0.29) is 49.3 Å². The van der Waals surface area contributed by atoms with E-state index in [2.05, 4.69) is 5.32 Å². The molecule has 0 aromatic rings. The van der Waals surface area contributed by atoms with Gasteiger partial charge in [-0.1, -0.05) is 0 Å². The van der Waals surface area contributed by atoms with Crippen LogP contribution in [0.1, 0.15) is 13.3 Å². The molecule has 1 fully saturated rings. The fraction of sp³-hybridized carbons (Fsp3) is 0.562. The summed E-state index contributed by atoms with van der Waals surface area (Å²) in [6, 6.07) is -0.0988. The van der Waals surface area contributed by atoms with Gasteiger partial charge >= 0.3 is 12.1 Å². The molecule has 0 aromatic carbocycles. The Morgan fingerprint density at radius 3 is 2.36 bits per heavy atom. The lowest BCUT2D eigenvalue weighted by Crippen LogP contribution is -2.54. The van der Waals surface area contributed by atoms with Crippen LogP contribution in [-0.4, -0.2) is 84.8 Å². The second kappa shape index (κ2) is 10.5. The van der Waals surface area contributed by atoms with Crippen LogP contribution in [-0.2, 0) is 28.7 Å². The van der Waals surface area contributed by atoms with E-state index in [4.69, 9.17) is 9.53 Å². The normalized spacial score (nSPS) is 19.2. The first-order valence-corrected chi connectivity index (χ1v) is 8.24. The molecule has 9 nitrogen and oxygen atoms in total. The molecule has 12 heteroatoms. The molecule has 0 aromatic heterocycles. The van der Waals surface area contributed by atoms with E-state index < -0.39 is 12.5 Å². The standard InChI is InChI=1S/C14H19N3O5.C2HF3O/c1-10(18)22-9-11-8-16(7-5-15-11)12(19)4-6-17-13(20)2-3-14(17)21;3-2(4,5)1-6/h2-3,11,15H,4-9H2,1H3;1H. The lowest BCUT2D eigenvalue weighted by atomic mass is 10.2. The van der Waals surface area contributed by atoms with Gasteiger partial charge in [-0.2, -0.15) is 13.2 Å². The molecule has 0 saturated carbocycles. The predicted molar refractivity (Wildman–Crippen MR) is 87.6 cm³/mol. The Hall–Kier alpha value is -2.76. The fourth-order valence-corrected chi connectivity index (χ4v) is 2.40. The van der Waals surface area contributed by atoms with Gasteiger partial charge in [0, 0.05) is 51.7 Å². The van der Waals surface area contributed by atoms with Crippen LogP contribution in [0.25, 0.3) is 0 Å². The van der Waals surface area contributed by atoms with Crippen LogP contribution >= 0.6 is 0 Å². The number of rotatable bonds is 5. The summed E-state index contributed by atoms with van der Waals surface area (Å²) in [5.41, 5.74) is 0. The first-order chi connectivity index (χ1) is 13.0. The monoisotopic (exact) mass is 407 g/mol. The number of carbonyl (C=O) groups is 5. The van der Waals surface area contributed by atoms with Gasteiger partial charge < -0.3 is 15.0 Å². The van der Waals surface area contributed by atoms with Crippen molar-refractivity contribution in [2.45, 2.75) is 25.6 Å². The fourth-order valence-electron chi connectivity index (χ4n) is 2.40. The van der Waals surface area contributed by atoms with Crippen LogP contribution in [0.2, 0.25) is 0 Å². The van der Waals surface area contributed by atoms with Crippen molar-refractivity contribution in [1.29, 1.82) is 0 Å². The number of halogens is 3. The minimum Gasteiger partial charge on any atom is -0.464 e. The van der Waals surface area contributed by atoms with Crippen molar-refractivity contribution in [3.63, 3.8) is 0 Å². The van der Waals surface area contributed by atoms with E-state index >= 15 is 0 Å². The number of carbonyl (C=O) groups excluding carboxylic acids is 5. The largest absolute Gasteiger partial charge is 0.464 e. The van der Waals surface area contributed by atoms with E-state index in [1.165, 1.54) is 19.1 Å². The number of esters is 1. The van der Waals surface area contributed by atoms with Crippen LogP contribution in [0.5, 0.6) is 0 Å². The number of piperazine rings is 1. The highest BCUT2D eigenvalue weighted by atomic mass is 19.4. The number of aldehydes is 1. The third kappa shape index (κ3) is 8.29. The lowest BCUT2D eigenvalue weighted by Gasteiger charge is -2.33. The van der Waals surface area contributed by atoms with Gasteiger partial charge in [-0.05, 0) is 0 Å². The Morgan fingerprint density at radius 1 is 1.29 bits per heavy atom. The summed E-state index contributed by atoms with van der Waals surface area (Å²) < 4.78 is 36.2. The first kappa shape index (κ1) is 23.3. The molecule has 156 valence electrons. The minimum atomic E-state index is -4.64. The SMILES string of the molecule is CC(=O)OCC1CN(C(=O)CCN2C(=O)C=CC2=O)CCN1.O=CC(F)(F)F. The van der Waals surface area contributed by atoms with E-state index in [0.29, 0.717) is 19.6 Å². The van der Waals surface area contributed by atoms with Crippen molar-refractivity contribution in [2.24, 2.45) is 0 Å². The van der Waals surface area contributed by atoms with E-state index in [1.54, 1.807) is 4.90 Å². The maximum Gasteiger partial charge on any atom is 0.446 e. The Labute approximate surface area is 158 Å². The first-order valence-electron chi connectivity index (χ1n) is 8.24. The van der Waals surface area contributed by atoms with E-state index in [1.807, 2.05) is 0 Å². The highest BCUT2D eigenvalue weighted by Gasteiger charge is 2.27. The van der Waals surface area contributed by atoms with Gasteiger partial charge in [-0.25, -0.2) is 0 Å². The summed E-state index contributed by atoms with van der Waals surface area (Å²) in [6.07, 6.45) is -3.20. The summed E-state index contributed by atoms with van der Waals surface area (Å²) in [5, 5.41) is 3.17. The average Bonchev–Trinajstić information content (AvgIpc) is 2.96. The van der Waals surface area contributed by atoms with Gasteiger partial charge in [0.1, 0.15) is 6.61 Å². The van der Waals surface area contributed by atoms with Gasteiger partial charge in [0.15, 0.2) is 0 Å². The van der Waals surface area contributed by atoms with Crippen LogP contribution in [0, 0.1) is 0 Å². The summed E-state index contributed by atoms with van der Waals surface area (Å²) in [7, 11) is 0. The lowest BCUT2D eigenvalue weighted by molar-refractivity contribution is -0.156. The highest BCUT2D eigenvalue weighted by molar-refractivity contribution is 6.13. The summed E-state index contributed by atoms with van der Waals surface area (Å²) in [5.74, 6) is -1.25. The van der Waals surface area contributed by atoms with Crippen molar-refractivity contribution in [3.8, 4) is 0 Å². The van der Waals surface area contributed by atoms with Crippen LogP contribution in [0.15, 0.2) is 12.2 Å². The van der Waals surface area contributed by atoms with Crippen molar-refractivity contribution < 1.29 is 41.9 Å². The van der Waals surface area contributed by atoms with Gasteiger partial charge in [0.25, 0.3) is 11.8 Å². The minimum absolute atomic E-state index is 0.0854. The zero-order chi connectivity index (χ0) is 21.3. The Balaban J connectivity index is 0.000000568. The van der Waals surface area contributed by atoms with Gasteiger partial charge in [-0.3, -0.25) is 28.9 Å². The molecule has 3 amide bonds. The van der Waals surface area contributed by atoms with Gasteiger partial charge in [0.2, 0.25) is 12.2 Å². The topological polar surface area (TPSA) is 113 Å². The maximum atomic E-state index is 12.2. The Bertz CT molecular complexity index is 632. The number of nitrogens with zero attached hydrogens (tertiary/aromatic N) is 2. The highest BCUT2D eigenvalue weighted by Crippen LogP contribution is 2.09. The van der Waals surface area contributed by atoms with Crippen molar-refractivity contribution in [1.82, 2.24) is 15.1 Å². The molecule has 1 N–H and O–H groups in total. The molecular weight excluding hydrogens is 387 g/mol. The van der Waals surface area contributed by atoms with Crippen LogP contribution < -0.4 is 5.32 Å². The smallest absolute Gasteiger partial charge is 0.446 e.